The van der Waals surface area contributed by atoms with E-state index in [2.05, 4.69) is 54.7 Å². The molecule has 0 unspecified atom stereocenters. The Labute approximate surface area is 180 Å². The predicted octanol–water partition coefficient (Wildman–Crippen LogP) is 6.65. The molecular formula is C26H22FNOS. The zero-order valence-corrected chi connectivity index (χ0v) is 17.5. The number of carbonyl (C=O) groups is 1. The van der Waals surface area contributed by atoms with Gasteiger partial charge in [0, 0.05) is 28.2 Å². The number of rotatable bonds is 2. The van der Waals surface area contributed by atoms with Crippen molar-refractivity contribution in [3.8, 4) is 0 Å². The Hall–Kier alpha value is -2.85. The lowest BCUT2D eigenvalue weighted by atomic mass is 9.78. The minimum atomic E-state index is -0.260. The van der Waals surface area contributed by atoms with Gasteiger partial charge in [0.25, 0.3) is 0 Å². The molecule has 0 amide bonds. The van der Waals surface area contributed by atoms with Crippen LogP contribution in [0.1, 0.15) is 34.3 Å². The molecule has 0 saturated carbocycles. The predicted molar refractivity (Wildman–Crippen MR) is 120 cm³/mol. The number of nitrogens with one attached hydrogen (secondary N) is 1. The lowest BCUT2D eigenvalue weighted by molar-refractivity contribution is -0.122. The van der Waals surface area contributed by atoms with Crippen molar-refractivity contribution in [2.45, 2.75) is 29.4 Å². The molecule has 2 aliphatic rings. The molecule has 5 rings (SSSR count). The highest BCUT2D eigenvalue weighted by atomic mass is 32.2. The average Bonchev–Trinajstić information content (AvgIpc) is 2.91. The second kappa shape index (κ2) is 7.77. The number of ketones is 1. The van der Waals surface area contributed by atoms with Crippen LogP contribution in [0.3, 0.4) is 0 Å². The van der Waals surface area contributed by atoms with E-state index >= 15 is 0 Å². The lowest BCUT2D eigenvalue weighted by Gasteiger charge is -2.31. The third-order valence-corrected chi connectivity index (χ3v) is 7.32. The van der Waals surface area contributed by atoms with Crippen molar-refractivity contribution in [1.82, 2.24) is 0 Å². The lowest BCUT2D eigenvalue weighted by Crippen LogP contribution is -2.30. The summed E-state index contributed by atoms with van der Waals surface area (Å²) in [6, 6.07) is 23.2. The quantitative estimate of drug-likeness (QED) is 0.508. The standard InChI is InChI=1S/C26H22FNOS/c1-16-6-8-18(9-7-16)26-25-22(28-21-4-2-3-5-24(21)30-26)14-19(15-23(25)29)17-10-12-20(27)13-11-17/h2-14,19,25-26,28H,15H2,1H3/t19-,25-,26+/m0/s1. The normalized spacial score (nSPS) is 22.9. The summed E-state index contributed by atoms with van der Waals surface area (Å²) >= 11 is 1.75. The minimum absolute atomic E-state index is 0.00895. The van der Waals surface area contributed by atoms with Crippen molar-refractivity contribution in [3.63, 3.8) is 0 Å². The average molecular weight is 416 g/mol. The summed E-state index contributed by atoms with van der Waals surface area (Å²) in [5, 5.41) is 3.57. The number of halogens is 1. The summed E-state index contributed by atoms with van der Waals surface area (Å²) in [6.45, 7) is 2.07. The molecule has 0 fully saturated rings. The molecule has 0 aromatic heterocycles. The number of aryl methyl sites for hydroxylation is 1. The fourth-order valence-electron chi connectivity index (χ4n) is 4.32. The first kappa shape index (κ1) is 19.1. The Bertz CT molecular complexity index is 1120. The van der Waals surface area contributed by atoms with Gasteiger partial charge in [0.05, 0.1) is 11.6 Å². The third-order valence-electron chi connectivity index (χ3n) is 5.91. The first-order chi connectivity index (χ1) is 14.6. The Morgan fingerprint density at radius 3 is 2.40 bits per heavy atom. The van der Waals surface area contributed by atoms with Crippen molar-refractivity contribution >= 4 is 23.2 Å². The maximum Gasteiger partial charge on any atom is 0.144 e. The van der Waals surface area contributed by atoms with Gasteiger partial charge in [0.2, 0.25) is 0 Å². The first-order valence-corrected chi connectivity index (χ1v) is 11.1. The van der Waals surface area contributed by atoms with Crippen molar-refractivity contribution < 1.29 is 9.18 Å². The molecule has 2 nitrogen and oxygen atoms in total. The van der Waals surface area contributed by atoms with Crippen LogP contribution >= 0.6 is 11.8 Å². The number of anilines is 1. The van der Waals surface area contributed by atoms with Crippen LogP contribution in [0.25, 0.3) is 0 Å². The molecule has 3 aromatic rings. The van der Waals surface area contributed by atoms with Crippen molar-refractivity contribution in [1.29, 1.82) is 0 Å². The maximum absolute atomic E-state index is 13.5. The van der Waals surface area contributed by atoms with E-state index in [0.29, 0.717) is 6.42 Å². The van der Waals surface area contributed by atoms with Crippen LogP contribution in [-0.2, 0) is 4.79 Å². The number of hydrogen-bond acceptors (Lipinski definition) is 3. The van der Waals surface area contributed by atoms with Gasteiger partial charge in [0.15, 0.2) is 0 Å². The second-order valence-electron chi connectivity index (χ2n) is 8.00. The molecule has 3 atom stereocenters. The Morgan fingerprint density at radius 2 is 1.63 bits per heavy atom. The van der Waals surface area contributed by atoms with Crippen molar-refractivity contribution in [3.05, 3.63) is 107 Å². The zero-order valence-electron chi connectivity index (χ0n) is 16.6. The topological polar surface area (TPSA) is 29.1 Å². The van der Waals surface area contributed by atoms with Gasteiger partial charge in [-0.2, -0.15) is 0 Å². The third kappa shape index (κ3) is 3.56. The van der Waals surface area contributed by atoms with Crippen LogP contribution in [0.15, 0.2) is 89.5 Å². The molecule has 30 heavy (non-hydrogen) atoms. The SMILES string of the molecule is Cc1ccc([C@H]2Sc3ccccc3NC3=C[C@H](c4ccc(F)cc4)CC(=O)[C@H]32)cc1. The molecule has 4 heteroatoms. The van der Waals surface area contributed by atoms with Crippen molar-refractivity contribution in [2.24, 2.45) is 5.92 Å². The molecule has 150 valence electrons. The van der Waals surface area contributed by atoms with Gasteiger partial charge in [-0.25, -0.2) is 4.39 Å². The van der Waals surface area contributed by atoms with E-state index in [1.807, 2.05) is 12.1 Å². The molecular weight excluding hydrogens is 393 g/mol. The number of para-hydroxylation sites is 1. The van der Waals surface area contributed by atoms with Gasteiger partial charge in [0.1, 0.15) is 11.6 Å². The van der Waals surface area contributed by atoms with Crippen LogP contribution in [-0.4, -0.2) is 5.78 Å². The number of thioether (sulfide) groups is 1. The molecule has 1 aliphatic heterocycles. The molecule has 3 aromatic carbocycles. The first-order valence-electron chi connectivity index (χ1n) is 10.2. The van der Waals surface area contributed by atoms with Crippen LogP contribution < -0.4 is 5.32 Å². The molecule has 1 aliphatic carbocycles. The van der Waals surface area contributed by atoms with E-state index in [-0.39, 0.29) is 28.7 Å². The van der Waals surface area contributed by atoms with Gasteiger partial charge >= 0.3 is 0 Å². The van der Waals surface area contributed by atoms with E-state index in [1.165, 1.54) is 17.7 Å². The molecule has 0 spiro atoms. The Morgan fingerprint density at radius 1 is 0.933 bits per heavy atom. The van der Waals surface area contributed by atoms with E-state index in [1.54, 1.807) is 23.9 Å². The summed E-state index contributed by atoms with van der Waals surface area (Å²) in [5.74, 6) is -0.323. The van der Waals surface area contributed by atoms with Crippen LogP contribution in [0, 0.1) is 18.7 Å². The van der Waals surface area contributed by atoms with Crippen molar-refractivity contribution in [2.75, 3.05) is 5.32 Å². The van der Waals surface area contributed by atoms with Gasteiger partial charge in [-0.15, -0.1) is 11.8 Å². The van der Waals surface area contributed by atoms with Gasteiger partial charge < -0.3 is 5.32 Å². The number of hydrogen-bond donors (Lipinski definition) is 1. The van der Waals surface area contributed by atoms with Gasteiger partial charge in [-0.1, -0.05) is 60.2 Å². The zero-order chi connectivity index (χ0) is 20.7. The fraction of sp³-hybridized carbons (Fsp3) is 0.192. The summed E-state index contributed by atoms with van der Waals surface area (Å²) < 4.78 is 13.4. The highest BCUT2D eigenvalue weighted by Crippen LogP contribution is 2.51. The van der Waals surface area contributed by atoms with E-state index in [4.69, 9.17) is 0 Å². The Balaban J connectivity index is 1.61. The molecule has 0 radical (unpaired) electrons. The van der Waals surface area contributed by atoms with Crippen LogP contribution in [0.2, 0.25) is 0 Å². The second-order valence-corrected chi connectivity index (χ2v) is 9.18. The highest BCUT2D eigenvalue weighted by Gasteiger charge is 2.40. The number of fused-ring (bicyclic) bond motifs is 2. The largest absolute Gasteiger partial charge is 0.358 e. The minimum Gasteiger partial charge on any atom is -0.358 e. The Kier molecular flexibility index (Phi) is 4.95. The number of benzene rings is 3. The number of carbonyl (C=O) groups excluding carboxylic acids is 1. The van der Waals surface area contributed by atoms with E-state index < -0.39 is 0 Å². The number of Topliss-reactive ketones (excluding diaryl/α,β-unsaturated/α-hetero) is 1. The molecule has 0 saturated heterocycles. The van der Waals surface area contributed by atoms with Crippen LogP contribution in [0.5, 0.6) is 0 Å². The van der Waals surface area contributed by atoms with Crippen LogP contribution in [0.4, 0.5) is 10.1 Å². The summed E-state index contributed by atoms with van der Waals surface area (Å²) in [5.41, 5.74) is 5.31. The fourth-order valence-corrected chi connectivity index (χ4v) is 5.73. The summed E-state index contributed by atoms with van der Waals surface area (Å²) in [4.78, 5) is 14.6. The summed E-state index contributed by atoms with van der Waals surface area (Å²) in [7, 11) is 0. The monoisotopic (exact) mass is 415 g/mol. The van der Waals surface area contributed by atoms with E-state index in [9.17, 15) is 9.18 Å². The molecule has 1 heterocycles. The maximum atomic E-state index is 13.5. The summed E-state index contributed by atoms with van der Waals surface area (Å²) in [6.07, 6.45) is 2.60. The van der Waals surface area contributed by atoms with E-state index in [0.717, 1.165) is 27.4 Å². The van der Waals surface area contributed by atoms with Gasteiger partial charge in [-0.3, -0.25) is 4.79 Å². The van der Waals surface area contributed by atoms with Gasteiger partial charge in [-0.05, 0) is 42.3 Å². The highest BCUT2D eigenvalue weighted by molar-refractivity contribution is 7.99. The molecule has 0 bridgehead atoms. The molecule has 1 N–H and O–H groups in total. The number of allylic oxidation sites excluding steroid dienone is 2. The smallest absolute Gasteiger partial charge is 0.144 e.